The lowest BCUT2D eigenvalue weighted by atomic mass is 10.0. The summed E-state index contributed by atoms with van der Waals surface area (Å²) >= 11 is 0. The second-order valence-corrected chi connectivity index (χ2v) is 8.80. The number of halogens is 3. The van der Waals surface area contributed by atoms with Crippen LogP contribution in [0, 0.1) is 6.92 Å². The summed E-state index contributed by atoms with van der Waals surface area (Å²) in [5.41, 5.74) is 7.57. The zero-order chi connectivity index (χ0) is 25.6. The monoisotopic (exact) mass is 495 g/mol. The zero-order valence-corrected chi connectivity index (χ0v) is 19.8. The van der Waals surface area contributed by atoms with Crippen molar-refractivity contribution in [2.75, 3.05) is 18.8 Å². The van der Waals surface area contributed by atoms with E-state index in [-0.39, 0.29) is 17.5 Å². The number of nitrogen functional groups attached to an aromatic ring is 1. The molecule has 186 valence electrons. The number of rotatable bonds is 3. The Morgan fingerprint density at radius 2 is 1.86 bits per heavy atom. The van der Waals surface area contributed by atoms with Crippen molar-refractivity contribution in [3.63, 3.8) is 0 Å². The highest BCUT2D eigenvalue weighted by Crippen LogP contribution is 2.36. The van der Waals surface area contributed by atoms with Crippen LogP contribution >= 0.6 is 0 Å². The number of allylic oxidation sites excluding steroid dienone is 1. The number of hydrogen-bond acceptors (Lipinski definition) is 6. The van der Waals surface area contributed by atoms with E-state index in [0.717, 1.165) is 30.2 Å². The molecule has 0 radical (unpaired) electrons. The minimum atomic E-state index is -4.63. The minimum absolute atomic E-state index is 0.000507. The van der Waals surface area contributed by atoms with Crippen molar-refractivity contribution < 1.29 is 18.0 Å². The predicted octanol–water partition coefficient (Wildman–Crippen LogP) is 4.69. The van der Waals surface area contributed by atoms with Gasteiger partial charge < -0.3 is 15.2 Å². The van der Waals surface area contributed by atoms with Crippen LogP contribution in [0.3, 0.4) is 0 Å². The standard InChI is InChI=1S/C25H24F3N7O/c1-3-4-21(36)34-9-7-16(8-10-34)35-14(2)32-20-13-30-19-6-5-18(33-22(19)23(20)35)15-11-17(25(26,27)28)24(29)31-12-15/h3-6,11-13,16H,7-10H2,1-2H3,(H2,29,31). The van der Waals surface area contributed by atoms with Crippen molar-refractivity contribution in [1.29, 1.82) is 0 Å². The average Bonchev–Trinajstić information content (AvgIpc) is 3.20. The van der Waals surface area contributed by atoms with Gasteiger partial charge in [-0.1, -0.05) is 6.08 Å². The Labute approximate surface area is 204 Å². The molecule has 0 spiro atoms. The molecule has 4 aromatic heterocycles. The lowest BCUT2D eigenvalue weighted by Gasteiger charge is -2.33. The van der Waals surface area contributed by atoms with E-state index in [4.69, 9.17) is 10.7 Å². The molecule has 0 bridgehead atoms. The average molecular weight is 496 g/mol. The molecule has 0 aliphatic carbocycles. The molecule has 1 aliphatic rings. The Kier molecular flexibility index (Phi) is 5.85. The van der Waals surface area contributed by atoms with E-state index in [1.165, 1.54) is 6.20 Å². The number of anilines is 1. The molecule has 8 nitrogen and oxygen atoms in total. The van der Waals surface area contributed by atoms with Crippen molar-refractivity contribution in [3.8, 4) is 11.3 Å². The number of nitrogens with two attached hydrogens (primary N) is 1. The van der Waals surface area contributed by atoms with E-state index in [0.29, 0.717) is 35.3 Å². The van der Waals surface area contributed by atoms with Crippen LogP contribution in [-0.4, -0.2) is 48.4 Å². The number of piperidine rings is 1. The van der Waals surface area contributed by atoms with Crippen molar-refractivity contribution in [2.45, 2.75) is 38.9 Å². The fourth-order valence-corrected chi connectivity index (χ4v) is 4.80. The van der Waals surface area contributed by atoms with Crippen molar-refractivity contribution in [3.05, 3.63) is 54.1 Å². The molecule has 5 heterocycles. The third kappa shape index (κ3) is 4.14. The molecule has 0 saturated carbocycles. The van der Waals surface area contributed by atoms with E-state index in [9.17, 15) is 18.0 Å². The summed E-state index contributed by atoms with van der Waals surface area (Å²) in [5, 5.41) is 0. The number of carbonyl (C=O) groups is 1. The lowest BCUT2D eigenvalue weighted by molar-refractivity contribution is -0.137. The number of fused-ring (bicyclic) bond motifs is 3. The number of nitrogens with zero attached hydrogens (tertiary/aromatic N) is 6. The normalized spacial score (nSPS) is 15.4. The van der Waals surface area contributed by atoms with Crippen LogP contribution < -0.4 is 5.73 Å². The van der Waals surface area contributed by atoms with Gasteiger partial charge in [-0.3, -0.25) is 9.78 Å². The summed E-state index contributed by atoms with van der Waals surface area (Å²) in [4.78, 5) is 31.7. The number of imidazole rings is 1. The van der Waals surface area contributed by atoms with Crippen LogP contribution in [0.4, 0.5) is 19.0 Å². The smallest absolute Gasteiger partial charge is 0.383 e. The quantitative estimate of drug-likeness (QED) is 0.414. The van der Waals surface area contributed by atoms with Crippen LogP contribution in [0.25, 0.3) is 33.3 Å². The van der Waals surface area contributed by atoms with Crippen LogP contribution in [0.1, 0.15) is 37.2 Å². The maximum Gasteiger partial charge on any atom is 0.419 e. The van der Waals surface area contributed by atoms with Crippen LogP contribution in [0.15, 0.2) is 42.7 Å². The second kappa shape index (κ2) is 8.89. The molecule has 1 aliphatic heterocycles. The largest absolute Gasteiger partial charge is 0.419 e. The van der Waals surface area contributed by atoms with E-state index >= 15 is 0 Å². The molecule has 2 N–H and O–H groups in total. The van der Waals surface area contributed by atoms with Gasteiger partial charge in [0.1, 0.15) is 22.7 Å². The van der Waals surface area contributed by atoms with Crippen LogP contribution in [0.2, 0.25) is 0 Å². The van der Waals surface area contributed by atoms with Gasteiger partial charge in [0.2, 0.25) is 5.91 Å². The fraction of sp³-hybridized carbons (Fsp3) is 0.320. The van der Waals surface area contributed by atoms with Crippen molar-refractivity contribution in [2.24, 2.45) is 0 Å². The first-order chi connectivity index (χ1) is 17.2. The summed E-state index contributed by atoms with van der Waals surface area (Å²) in [6.45, 7) is 4.96. The number of pyridine rings is 3. The van der Waals surface area contributed by atoms with Gasteiger partial charge in [-0.2, -0.15) is 13.2 Å². The molecule has 4 aromatic rings. The highest BCUT2D eigenvalue weighted by atomic mass is 19.4. The van der Waals surface area contributed by atoms with Crippen LogP contribution in [0.5, 0.6) is 0 Å². The summed E-state index contributed by atoms with van der Waals surface area (Å²) < 4.78 is 42.3. The molecule has 0 atom stereocenters. The molecule has 0 unspecified atom stereocenters. The molecule has 1 saturated heterocycles. The van der Waals surface area contributed by atoms with Crippen LogP contribution in [-0.2, 0) is 11.0 Å². The number of aryl methyl sites for hydroxylation is 1. The van der Waals surface area contributed by atoms with E-state index in [1.54, 1.807) is 30.5 Å². The molecular weight excluding hydrogens is 471 g/mol. The third-order valence-electron chi connectivity index (χ3n) is 6.51. The van der Waals surface area contributed by atoms with Gasteiger partial charge in [0.05, 0.1) is 28.5 Å². The maximum atomic E-state index is 13.4. The first kappa shape index (κ1) is 23.7. The Hall–Kier alpha value is -4.02. The highest BCUT2D eigenvalue weighted by molar-refractivity contribution is 6.00. The van der Waals surface area contributed by atoms with Gasteiger partial charge in [0.25, 0.3) is 0 Å². The van der Waals surface area contributed by atoms with E-state index in [2.05, 4.69) is 19.5 Å². The molecule has 0 aromatic carbocycles. The first-order valence-electron chi connectivity index (χ1n) is 11.6. The molecule has 1 amide bonds. The Morgan fingerprint density at radius 3 is 2.56 bits per heavy atom. The molecule has 1 fully saturated rings. The Balaban J connectivity index is 1.59. The number of likely N-dealkylation sites (tertiary alicyclic amines) is 1. The minimum Gasteiger partial charge on any atom is -0.383 e. The Morgan fingerprint density at radius 1 is 1.11 bits per heavy atom. The molecule has 36 heavy (non-hydrogen) atoms. The highest BCUT2D eigenvalue weighted by Gasteiger charge is 2.34. The fourth-order valence-electron chi connectivity index (χ4n) is 4.80. The summed E-state index contributed by atoms with van der Waals surface area (Å²) in [6, 6.07) is 4.40. The number of aromatic nitrogens is 5. The van der Waals surface area contributed by atoms with Gasteiger partial charge in [-0.05, 0) is 51.0 Å². The van der Waals surface area contributed by atoms with Gasteiger partial charge in [-0.25, -0.2) is 15.0 Å². The molecular formula is C25H24F3N7O. The summed E-state index contributed by atoms with van der Waals surface area (Å²) in [6.07, 6.45) is 3.13. The topological polar surface area (TPSA) is 103 Å². The third-order valence-corrected chi connectivity index (χ3v) is 6.51. The predicted molar refractivity (Wildman–Crippen MR) is 130 cm³/mol. The van der Waals surface area contributed by atoms with Crippen molar-refractivity contribution >= 4 is 33.8 Å². The summed E-state index contributed by atoms with van der Waals surface area (Å²) in [7, 11) is 0. The number of alkyl halides is 3. The zero-order valence-electron chi connectivity index (χ0n) is 19.8. The summed E-state index contributed by atoms with van der Waals surface area (Å²) in [5.74, 6) is 0.210. The van der Waals surface area contributed by atoms with Crippen molar-refractivity contribution in [1.82, 2.24) is 29.4 Å². The molecule has 11 heteroatoms. The molecule has 5 rings (SSSR count). The van der Waals surface area contributed by atoms with E-state index < -0.39 is 17.6 Å². The number of carbonyl (C=O) groups excluding carboxylic acids is 1. The van der Waals surface area contributed by atoms with Gasteiger partial charge in [0, 0.05) is 30.9 Å². The first-order valence-corrected chi connectivity index (χ1v) is 11.6. The number of hydrogen-bond donors (Lipinski definition) is 1. The van der Waals surface area contributed by atoms with E-state index in [1.807, 2.05) is 18.7 Å². The van der Waals surface area contributed by atoms with Gasteiger partial charge in [0.15, 0.2) is 0 Å². The SMILES string of the molecule is CC=CC(=O)N1CCC(n2c(C)nc3cnc4ccc(-c5cnc(N)c(C(F)(F)F)c5)nc4c32)CC1. The van der Waals surface area contributed by atoms with Gasteiger partial charge in [-0.15, -0.1) is 0 Å². The lowest BCUT2D eigenvalue weighted by Crippen LogP contribution is -2.38. The maximum absolute atomic E-state index is 13.4. The Bertz CT molecular complexity index is 1500. The van der Waals surface area contributed by atoms with Gasteiger partial charge >= 0.3 is 6.18 Å². The second-order valence-electron chi connectivity index (χ2n) is 8.80. The number of amides is 1.